The fraction of sp³-hybridized carbons (Fsp3) is 0. The lowest BCUT2D eigenvalue weighted by molar-refractivity contribution is 0.102. The van der Waals surface area contributed by atoms with Gasteiger partial charge in [0, 0.05) is 27.6 Å². The maximum Gasteiger partial charge on any atom is 0.209 e. The van der Waals surface area contributed by atoms with Crippen LogP contribution in [0, 0.1) is 0 Å². The van der Waals surface area contributed by atoms with E-state index in [9.17, 15) is 19.2 Å². The van der Waals surface area contributed by atoms with Crippen molar-refractivity contribution in [1.29, 1.82) is 0 Å². The van der Waals surface area contributed by atoms with Gasteiger partial charge in [0.25, 0.3) is 0 Å². The Morgan fingerprint density at radius 3 is 2.13 bits per heavy atom. The normalized spacial score (nSPS) is 10.4. The van der Waals surface area contributed by atoms with E-state index in [2.05, 4.69) is 4.98 Å². The molecule has 3 rings (SSSR count). The van der Waals surface area contributed by atoms with Crippen LogP contribution >= 0.6 is 0 Å². The van der Waals surface area contributed by atoms with Crippen LogP contribution in [0.5, 0.6) is 0 Å². The third kappa shape index (κ3) is 2.28. The molecule has 0 aliphatic rings. The number of fused-ring (bicyclic) bond motifs is 1. The van der Waals surface area contributed by atoms with Crippen LogP contribution in [0.3, 0.4) is 0 Å². The van der Waals surface area contributed by atoms with Crippen LogP contribution < -0.4 is 0 Å². The first kappa shape index (κ1) is 14.6. The molecule has 1 heterocycles. The lowest BCUT2D eigenvalue weighted by Crippen LogP contribution is -2.04. The van der Waals surface area contributed by atoms with Crippen LogP contribution in [-0.4, -0.2) is 29.6 Å². The van der Waals surface area contributed by atoms with Gasteiger partial charge in [0.1, 0.15) is 0 Å². The predicted molar refractivity (Wildman–Crippen MR) is 84.3 cm³/mol. The van der Waals surface area contributed by atoms with Gasteiger partial charge in [-0.3, -0.25) is 19.2 Å². The number of nitrogens with one attached hydrogen (secondary N) is 1. The smallest absolute Gasteiger partial charge is 0.209 e. The molecule has 0 spiro atoms. The Hall–Kier alpha value is -3.34. The van der Waals surface area contributed by atoms with Crippen LogP contribution in [0.25, 0.3) is 10.9 Å². The van der Waals surface area contributed by atoms with Crippen molar-refractivity contribution in [2.24, 2.45) is 0 Å². The summed E-state index contributed by atoms with van der Waals surface area (Å²) in [5.41, 5.74) is 1.34. The highest BCUT2D eigenvalue weighted by Gasteiger charge is 2.21. The maximum atomic E-state index is 12.6. The number of aromatic nitrogens is 1. The standard InChI is InChI=1S/C18H11NO4/c20-8-12-6-7-15-16(13(12)9-21)14(10-22)17(19-15)18(23)11-4-2-1-3-5-11/h1-10,19H. The van der Waals surface area contributed by atoms with E-state index >= 15 is 0 Å². The van der Waals surface area contributed by atoms with Gasteiger partial charge >= 0.3 is 0 Å². The average Bonchev–Trinajstić information content (AvgIpc) is 2.99. The highest BCUT2D eigenvalue weighted by atomic mass is 16.1. The Labute approximate surface area is 130 Å². The SMILES string of the molecule is O=Cc1ccc2[nH]c(C(=O)c3ccccc3)c(C=O)c2c1C=O. The summed E-state index contributed by atoms with van der Waals surface area (Å²) in [5, 5.41) is 0.291. The zero-order chi connectivity index (χ0) is 16.4. The molecular formula is C18H11NO4. The van der Waals surface area contributed by atoms with Gasteiger partial charge in [-0.25, -0.2) is 0 Å². The van der Waals surface area contributed by atoms with Crippen LogP contribution in [0.2, 0.25) is 0 Å². The minimum absolute atomic E-state index is 0.0830. The lowest BCUT2D eigenvalue weighted by Gasteiger charge is -2.00. The topological polar surface area (TPSA) is 84.1 Å². The molecular weight excluding hydrogens is 294 g/mol. The van der Waals surface area contributed by atoms with Crippen molar-refractivity contribution in [3.63, 3.8) is 0 Å². The fourth-order valence-electron chi connectivity index (χ4n) is 2.62. The molecule has 5 nitrogen and oxygen atoms in total. The number of hydrogen-bond donors (Lipinski definition) is 1. The number of carbonyl (C=O) groups excluding carboxylic acids is 4. The zero-order valence-electron chi connectivity index (χ0n) is 11.9. The van der Waals surface area contributed by atoms with Gasteiger partial charge in [-0.05, 0) is 12.1 Å². The number of rotatable bonds is 5. The quantitative estimate of drug-likeness (QED) is 0.580. The van der Waals surface area contributed by atoms with E-state index in [0.717, 1.165) is 0 Å². The zero-order valence-corrected chi connectivity index (χ0v) is 11.9. The van der Waals surface area contributed by atoms with Gasteiger partial charge in [0.2, 0.25) is 5.78 Å². The second-order valence-corrected chi connectivity index (χ2v) is 4.95. The molecule has 0 atom stereocenters. The third-order valence-electron chi connectivity index (χ3n) is 3.70. The Kier molecular flexibility index (Phi) is 3.68. The van der Waals surface area contributed by atoms with E-state index in [4.69, 9.17) is 0 Å². The molecule has 0 fully saturated rings. The van der Waals surface area contributed by atoms with Crippen LogP contribution in [0.15, 0.2) is 42.5 Å². The summed E-state index contributed by atoms with van der Waals surface area (Å²) in [5.74, 6) is -0.353. The van der Waals surface area contributed by atoms with Gasteiger partial charge in [-0.2, -0.15) is 0 Å². The molecule has 0 amide bonds. The largest absolute Gasteiger partial charge is 0.351 e. The van der Waals surface area contributed by atoms with Gasteiger partial charge < -0.3 is 4.98 Å². The van der Waals surface area contributed by atoms with E-state index < -0.39 is 0 Å². The number of ketones is 1. The molecule has 1 N–H and O–H groups in total. The summed E-state index contributed by atoms with van der Waals surface area (Å²) in [6.45, 7) is 0. The van der Waals surface area contributed by atoms with Gasteiger partial charge in [-0.15, -0.1) is 0 Å². The molecule has 23 heavy (non-hydrogen) atoms. The number of aldehydes is 3. The van der Waals surface area contributed by atoms with E-state index in [-0.39, 0.29) is 28.2 Å². The molecule has 2 aromatic carbocycles. The van der Waals surface area contributed by atoms with Crippen LogP contribution in [0.1, 0.15) is 47.1 Å². The molecule has 0 bridgehead atoms. The molecule has 0 saturated heterocycles. The molecule has 0 aliphatic heterocycles. The molecule has 0 saturated carbocycles. The summed E-state index contributed by atoms with van der Waals surface area (Å²) in [6.07, 6.45) is 1.59. The molecule has 1 aromatic heterocycles. The Bertz CT molecular complexity index is 939. The molecule has 0 unspecified atom stereocenters. The molecule has 5 heteroatoms. The van der Waals surface area contributed by atoms with E-state index in [0.29, 0.717) is 35.3 Å². The summed E-state index contributed by atoms with van der Waals surface area (Å²) in [4.78, 5) is 49.4. The van der Waals surface area contributed by atoms with Crippen molar-refractivity contribution in [3.05, 3.63) is 70.4 Å². The number of H-pyrrole nitrogens is 1. The van der Waals surface area contributed by atoms with E-state index in [1.807, 2.05) is 0 Å². The number of carbonyl (C=O) groups is 4. The van der Waals surface area contributed by atoms with Gasteiger partial charge in [0.05, 0.1) is 11.3 Å². The minimum Gasteiger partial charge on any atom is -0.351 e. The summed E-state index contributed by atoms with van der Waals surface area (Å²) in [6, 6.07) is 11.5. The molecule has 112 valence electrons. The van der Waals surface area contributed by atoms with Crippen molar-refractivity contribution in [3.8, 4) is 0 Å². The molecule has 0 radical (unpaired) electrons. The fourth-order valence-corrected chi connectivity index (χ4v) is 2.62. The van der Waals surface area contributed by atoms with Crippen LogP contribution in [-0.2, 0) is 0 Å². The Balaban J connectivity index is 2.31. The first-order valence-electron chi connectivity index (χ1n) is 6.85. The maximum absolute atomic E-state index is 12.6. The van der Waals surface area contributed by atoms with E-state index in [1.165, 1.54) is 6.07 Å². The monoisotopic (exact) mass is 305 g/mol. The summed E-state index contributed by atoms with van der Waals surface area (Å²) >= 11 is 0. The first-order valence-corrected chi connectivity index (χ1v) is 6.85. The third-order valence-corrected chi connectivity index (χ3v) is 3.70. The molecule has 3 aromatic rings. The molecule has 0 aliphatic carbocycles. The predicted octanol–water partition coefficient (Wildman–Crippen LogP) is 2.84. The highest BCUT2D eigenvalue weighted by molar-refractivity contribution is 6.19. The Morgan fingerprint density at radius 2 is 1.52 bits per heavy atom. The lowest BCUT2D eigenvalue weighted by atomic mass is 9.99. The van der Waals surface area contributed by atoms with Gasteiger partial charge in [-0.1, -0.05) is 30.3 Å². The Morgan fingerprint density at radius 1 is 0.826 bits per heavy atom. The number of aromatic amines is 1. The van der Waals surface area contributed by atoms with Crippen molar-refractivity contribution in [2.45, 2.75) is 0 Å². The van der Waals surface area contributed by atoms with Crippen molar-refractivity contribution in [1.82, 2.24) is 4.98 Å². The highest BCUT2D eigenvalue weighted by Crippen LogP contribution is 2.27. The summed E-state index contributed by atoms with van der Waals surface area (Å²) in [7, 11) is 0. The number of hydrogen-bond acceptors (Lipinski definition) is 4. The van der Waals surface area contributed by atoms with Crippen molar-refractivity contribution in [2.75, 3.05) is 0 Å². The average molecular weight is 305 g/mol. The van der Waals surface area contributed by atoms with Crippen molar-refractivity contribution >= 4 is 35.5 Å². The second-order valence-electron chi connectivity index (χ2n) is 4.95. The van der Waals surface area contributed by atoms with Crippen molar-refractivity contribution < 1.29 is 19.2 Å². The second kappa shape index (κ2) is 5.81. The summed E-state index contributed by atoms with van der Waals surface area (Å²) < 4.78 is 0. The minimum atomic E-state index is -0.353. The van der Waals surface area contributed by atoms with E-state index in [1.54, 1.807) is 36.4 Å². The van der Waals surface area contributed by atoms with Gasteiger partial charge in [0.15, 0.2) is 18.9 Å². The number of benzene rings is 2. The first-order chi connectivity index (χ1) is 11.2. The van der Waals surface area contributed by atoms with Crippen LogP contribution in [0.4, 0.5) is 0 Å².